The number of rotatable bonds is 2. The average molecular weight is 170 g/mol. The molecule has 12 heavy (non-hydrogen) atoms. The van der Waals surface area contributed by atoms with Gasteiger partial charge < -0.3 is 5.11 Å². The van der Waals surface area contributed by atoms with Crippen molar-refractivity contribution in [2.45, 2.75) is 26.7 Å². The van der Waals surface area contributed by atoms with Crippen LogP contribution in [-0.2, 0) is 9.59 Å². The van der Waals surface area contributed by atoms with Crippen molar-refractivity contribution < 1.29 is 14.7 Å². The number of carboxylic acids is 1. The van der Waals surface area contributed by atoms with Crippen molar-refractivity contribution in [1.29, 1.82) is 0 Å². The number of carbonyl (C=O) groups is 2. The largest absolute Gasteiger partial charge is 0.481 e. The van der Waals surface area contributed by atoms with Gasteiger partial charge >= 0.3 is 5.97 Å². The van der Waals surface area contributed by atoms with Crippen molar-refractivity contribution in [2.75, 3.05) is 0 Å². The van der Waals surface area contributed by atoms with Crippen LogP contribution in [0, 0.1) is 17.8 Å². The van der Waals surface area contributed by atoms with E-state index in [4.69, 9.17) is 5.11 Å². The van der Waals surface area contributed by atoms with Crippen molar-refractivity contribution in [3.8, 4) is 0 Å². The van der Waals surface area contributed by atoms with Gasteiger partial charge in [0.05, 0.1) is 5.92 Å². The Balaban J connectivity index is 2.72. The van der Waals surface area contributed by atoms with Crippen LogP contribution in [0.4, 0.5) is 0 Å². The van der Waals surface area contributed by atoms with Gasteiger partial charge in [-0.15, -0.1) is 0 Å². The average Bonchev–Trinajstić information content (AvgIpc) is 2.31. The SMILES string of the molecule is CC(=O)C1CC(C)CC1C(=O)O. The summed E-state index contributed by atoms with van der Waals surface area (Å²) >= 11 is 0. The third-order valence-electron chi connectivity index (χ3n) is 2.64. The molecule has 1 aliphatic carbocycles. The predicted octanol–water partition coefficient (Wildman–Crippen LogP) is 1.32. The fourth-order valence-corrected chi connectivity index (χ4v) is 2.01. The lowest BCUT2D eigenvalue weighted by Gasteiger charge is -2.10. The molecule has 0 aromatic heterocycles. The van der Waals surface area contributed by atoms with E-state index in [1.54, 1.807) is 0 Å². The Morgan fingerprint density at radius 1 is 1.25 bits per heavy atom. The first-order chi connectivity index (χ1) is 5.52. The topological polar surface area (TPSA) is 54.4 Å². The van der Waals surface area contributed by atoms with E-state index in [1.807, 2.05) is 6.92 Å². The van der Waals surface area contributed by atoms with E-state index in [9.17, 15) is 9.59 Å². The first-order valence-corrected chi connectivity index (χ1v) is 4.25. The van der Waals surface area contributed by atoms with E-state index >= 15 is 0 Å². The number of hydrogen-bond donors (Lipinski definition) is 1. The summed E-state index contributed by atoms with van der Waals surface area (Å²) in [7, 11) is 0. The van der Waals surface area contributed by atoms with Crippen LogP contribution < -0.4 is 0 Å². The zero-order valence-electron chi connectivity index (χ0n) is 7.41. The Labute approximate surface area is 71.8 Å². The van der Waals surface area contributed by atoms with E-state index in [1.165, 1.54) is 6.92 Å². The summed E-state index contributed by atoms with van der Waals surface area (Å²) in [6.45, 7) is 3.48. The van der Waals surface area contributed by atoms with E-state index < -0.39 is 11.9 Å². The fraction of sp³-hybridized carbons (Fsp3) is 0.778. The minimum Gasteiger partial charge on any atom is -0.481 e. The Bertz CT molecular complexity index is 188. The molecule has 1 N–H and O–H groups in total. The fourth-order valence-electron chi connectivity index (χ4n) is 2.01. The third-order valence-corrected chi connectivity index (χ3v) is 2.64. The van der Waals surface area contributed by atoms with Gasteiger partial charge in [0, 0.05) is 5.92 Å². The lowest BCUT2D eigenvalue weighted by molar-refractivity contribution is -0.145. The molecule has 0 bridgehead atoms. The molecule has 0 aromatic carbocycles. The van der Waals surface area contributed by atoms with E-state index in [-0.39, 0.29) is 11.7 Å². The summed E-state index contributed by atoms with van der Waals surface area (Å²) in [5, 5.41) is 8.80. The molecule has 3 unspecified atom stereocenters. The number of hydrogen-bond acceptors (Lipinski definition) is 2. The van der Waals surface area contributed by atoms with Crippen molar-refractivity contribution in [2.24, 2.45) is 17.8 Å². The van der Waals surface area contributed by atoms with Gasteiger partial charge in [0.15, 0.2) is 0 Å². The number of Topliss-reactive ketones (excluding diaryl/α,β-unsaturated/α-hetero) is 1. The number of aliphatic carboxylic acids is 1. The third kappa shape index (κ3) is 1.65. The molecule has 0 saturated heterocycles. The number of ketones is 1. The summed E-state index contributed by atoms with van der Waals surface area (Å²) in [5.74, 6) is -1.10. The Morgan fingerprint density at radius 3 is 2.08 bits per heavy atom. The number of carbonyl (C=O) groups excluding carboxylic acids is 1. The maximum absolute atomic E-state index is 11.0. The van der Waals surface area contributed by atoms with E-state index in [0.29, 0.717) is 12.3 Å². The van der Waals surface area contributed by atoms with Gasteiger partial charge in [0.2, 0.25) is 0 Å². The molecule has 3 heteroatoms. The molecule has 1 rings (SSSR count). The van der Waals surface area contributed by atoms with Gasteiger partial charge in [0.1, 0.15) is 5.78 Å². The molecule has 3 nitrogen and oxygen atoms in total. The molecule has 0 spiro atoms. The zero-order chi connectivity index (χ0) is 9.30. The van der Waals surface area contributed by atoms with Crippen molar-refractivity contribution in [3.63, 3.8) is 0 Å². The molecule has 0 radical (unpaired) electrons. The molecule has 68 valence electrons. The predicted molar refractivity (Wildman–Crippen MR) is 43.7 cm³/mol. The first-order valence-electron chi connectivity index (χ1n) is 4.25. The zero-order valence-corrected chi connectivity index (χ0v) is 7.41. The van der Waals surface area contributed by atoms with E-state index in [0.717, 1.165) is 6.42 Å². The maximum Gasteiger partial charge on any atom is 0.307 e. The van der Waals surface area contributed by atoms with Crippen LogP contribution in [0.1, 0.15) is 26.7 Å². The van der Waals surface area contributed by atoms with Gasteiger partial charge in [-0.1, -0.05) is 6.92 Å². The smallest absolute Gasteiger partial charge is 0.307 e. The van der Waals surface area contributed by atoms with Gasteiger partial charge in [-0.05, 0) is 25.7 Å². The summed E-state index contributed by atoms with van der Waals surface area (Å²) in [4.78, 5) is 21.8. The van der Waals surface area contributed by atoms with Crippen molar-refractivity contribution in [3.05, 3.63) is 0 Å². The first kappa shape index (κ1) is 9.23. The van der Waals surface area contributed by atoms with Crippen LogP contribution in [0.5, 0.6) is 0 Å². The lowest BCUT2D eigenvalue weighted by atomic mass is 9.93. The molecular formula is C9H14O3. The standard InChI is InChI=1S/C9H14O3/c1-5-3-7(6(2)10)8(4-5)9(11)12/h5,7-8H,3-4H2,1-2H3,(H,11,12). The van der Waals surface area contributed by atoms with Crippen LogP contribution in [0.3, 0.4) is 0 Å². The maximum atomic E-state index is 11.0. The van der Waals surface area contributed by atoms with E-state index in [2.05, 4.69) is 0 Å². The minimum atomic E-state index is -0.820. The summed E-state index contributed by atoms with van der Waals surface area (Å²) < 4.78 is 0. The highest BCUT2D eigenvalue weighted by atomic mass is 16.4. The molecule has 1 saturated carbocycles. The molecule has 0 aliphatic heterocycles. The Hall–Kier alpha value is -0.860. The highest BCUT2D eigenvalue weighted by molar-refractivity contribution is 5.85. The van der Waals surface area contributed by atoms with Crippen LogP contribution >= 0.6 is 0 Å². The molecular weight excluding hydrogens is 156 g/mol. The second kappa shape index (κ2) is 3.25. The van der Waals surface area contributed by atoms with Crippen molar-refractivity contribution in [1.82, 2.24) is 0 Å². The Kier molecular flexibility index (Phi) is 2.50. The van der Waals surface area contributed by atoms with Gasteiger partial charge in [-0.25, -0.2) is 0 Å². The van der Waals surface area contributed by atoms with Gasteiger partial charge in [-0.2, -0.15) is 0 Å². The van der Waals surface area contributed by atoms with Crippen LogP contribution in [0.2, 0.25) is 0 Å². The lowest BCUT2D eigenvalue weighted by Crippen LogP contribution is -2.23. The monoisotopic (exact) mass is 170 g/mol. The highest BCUT2D eigenvalue weighted by Gasteiger charge is 2.39. The Morgan fingerprint density at radius 2 is 1.75 bits per heavy atom. The van der Waals surface area contributed by atoms with Crippen LogP contribution in [0.25, 0.3) is 0 Å². The normalized spacial score (nSPS) is 35.0. The van der Waals surface area contributed by atoms with Crippen LogP contribution in [0.15, 0.2) is 0 Å². The molecule has 0 amide bonds. The highest BCUT2D eigenvalue weighted by Crippen LogP contribution is 2.36. The molecule has 3 atom stereocenters. The molecule has 1 fully saturated rings. The number of carboxylic acid groups (broad SMARTS) is 1. The molecule has 0 heterocycles. The summed E-state index contributed by atoms with van der Waals surface area (Å²) in [6.07, 6.45) is 1.39. The van der Waals surface area contributed by atoms with Gasteiger partial charge in [0.25, 0.3) is 0 Å². The van der Waals surface area contributed by atoms with Gasteiger partial charge in [-0.3, -0.25) is 9.59 Å². The van der Waals surface area contributed by atoms with Crippen LogP contribution in [-0.4, -0.2) is 16.9 Å². The van der Waals surface area contributed by atoms with Crippen molar-refractivity contribution >= 4 is 11.8 Å². The summed E-state index contributed by atoms with van der Waals surface area (Å²) in [6, 6.07) is 0. The second-order valence-corrected chi connectivity index (χ2v) is 3.74. The second-order valence-electron chi connectivity index (χ2n) is 3.74. The molecule has 1 aliphatic rings. The molecule has 0 aromatic rings. The quantitative estimate of drug-likeness (QED) is 0.680. The minimum absolute atomic E-state index is 0.0201. The summed E-state index contributed by atoms with van der Waals surface area (Å²) in [5.41, 5.74) is 0.